The molecule has 1 aromatic heterocycles. The summed E-state index contributed by atoms with van der Waals surface area (Å²) in [7, 11) is 1.98. The zero-order chi connectivity index (χ0) is 9.59. The highest BCUT2D eigenvalue weighted by Crippen LogP contribution is 2.30. The maximum atomic E-state index is 6.01. The van der Waals surface area contributed by atoms with Crippen molar-refractivity contribution in [1.82, 2.24) is 4.57 Å². The molecule has 1 heterocycles. The molecule has 0 amide bonds. The average molecular weight is 195 g/mol. The summed E-state index contributed by atoms with van der Waals surface area (Å²) in [4.78, 5) is 0. The minimum Gasteiger partial charge on any atom is -0.397 e. The second-order valence-corrected chi connectivity index (χ2v) is 3.67. The average Bonchev–Trinajstić information content (AvgIpc) is 2.43. The molecule has 0 atom stereocenters. The van der Waals surface area contributed by atoms with Gasteiger partial charge in [-0.3, -0.25) is 0 Å². The number of rotatable bonds is 0. The van der Waals surface area contributed by atoms with Crippen molar-refractivity contribution in [2.75, 3.05) is 5.73 Å². The summed E-state index contributed by atoms with van der Waals surface area (Å²) in [5, 5.41) is 1.83. The van der Waals surface area contributed by atoms with E-state index < -0.39 is 0 Å². The first-order valence-electron chi connectivity index (χ1n) is 4.11. The number of benzene rings is 1. The van der Waals surface area contributed by atoms with E-state index in [0.29, 0.717) is 0 Å². The number of hydrogen-bond donors (Lipinski definition) is 1. The zero-order valence-electron chi connectivity index (χ0n) is 7.63. The summed E-state index contributed by atoms with van der Waals surface area (Å²) in [5.41, 5.74) is 8.74. The summed E-state index contributed by atoms with van der Waals surface area (Å²) in [6.45, 7) is 1.93. The van der Waals surface area contributed by atoms with Crippen molar-refractivity contribution < 1.29 is 0 Å². The van der Waals surface area contributed by atoms with Crippen LogP contribution in [0, 0.1) is 6.92 Å². The highest BCUT2D eigenvalue weighted by molar-refractivity contribution is 6.32. The van der Waals surface area contributed by atoms with E-state index in [4.69, 9.17) is 17.3 Å². The Balaban J connectivity index is 2.97. The number of nitrogens with two attached hydrogens (primary N) is 1. The molecule has 0 bridgehead atoms. The first-order chi connectivity index (χ1) is 6.11. The molecule has 2 rings (SSSR count). The minimum absolute atomic E-state index is 0.733. The van der Waals surface area contributed by atoms with Gasteiger partial charge >= 0.3 is 0 Å². The standard InChI is InChI=1S/C10H11ClN2/c1-6-8(11)5-7-3-4-13(2)10(7)9(6)12/h3-5H,12H2,1-2H3. The van der Waals surface area contributed by atoms with Crippen LogP contribution in [0.3, 0.4) is 0 Å². The van der Waals surface area contributed by atoms with Crippen LogP contribution < -0.4 is 5.73 Å². The fraction of sp³-hybridized carbons (Fsp3) is 0.200. The molecule has 0 saturated carbocycles. The predicted octanol–water partition coefficient (Wildman–Crippen LogP) is 2.72. The lowest BCUT2D eigenvalue weighted by Gasteiger charge is -2.06. The monoisotopic (exact) mass is 194 g/mol. The summed E-state index contributed by atoms with van der Waals surface area (Å²) >= 11 is 6.01. The number of nitrogen functional groups attached to an aromatic ring is 1. The van der Waals surface area contributed by atoms with Gasteiger partial charge in [0.25, 0.3) is 0 Å². The van der Waals surface area contributed by atoms with Crippen LogP contribution in [0.15, 0.2) is 18.3 Å². The summed E-state index contributed by atoms with van der Waals surface area (Å²) in [5.74, 6) is 0. The van der Waals surface area contributed by atoms with Crippen LogP contribution in [0.25, 0.3) is 10.9 Å². The number of nitrogens with zero attached hydrogens (tertiary/aromatic N) is 1. The Morgan fingerprint density at radius 1 is 1.46 bits per heavy atom. The Hall–Kier alpha value is -1.15. The normalized spacial score (nSPS) is 11.0. The van der Waals surface area contributed by atoms with Gasteiger partial charge in [0.2, 0.25) is 0 Å². The zero-order valence-corrected chi connectivity index (χ0v) is 8.39. The minimum atomic E-state index is 0.733. The molecule has 0 fully saturated rings. The van der Waals surface area contributed by atoms with E-state index in [1.54, 1.807) is 0 Å². The lowest BCUT2D eigenvalue weighted by molar-refractivity contribution is 0.970. The highest BCUT2D eigenvalue weighted by atomic mass is 35.5. The van der Waals surface area contributed by atoms with Crippen molar-refractivity contribution >= 4 is 28.2 Å². The maximum absolute atomic E-state index is 6.01. The predicted molar refractivity (Wildman–Crippen MR) is 57.1 cm³/mol. The van der Waals surface area contributed by atoms with Gasteiger partial charge in [0.05, 0.1) is 11.2 Å². The molecule has 0 aliphatic carbocycles. The molecule has 0 aliphatic rings. The van der Waals surface area contributed by atoms with E-state index in [2.05, 4.69) is 0 Å². The molecule has 2 N–H and O–H groups in total. The van der Waals surface area contributed by atoms with Gasteiger partial charge in [0, 0.05) is 23.7 Å². The van der Waals surface area contributed by atoms with Crippen LogP contribution in [0.4, 0.5) is 5.69 Å². The van der Waals surface area contributed by atoms with E-state index in [0.717, 1.165) is 27.2 Å². The number of anilines is 1. The summed E-state index contributed by atoms with van der Waals surface area (Å²) in [6, 6.07) is 3.96. The van der Waals surface area contributed by atoms with Gasteiger partial charge in [0.1, 0.15) is 0 Å². The Morgan fingerprint density at radius 3 is 2.85 bits per heavy atom. The quantitative estimate of drug-likeness (QED) is 0.643. The lowest BCUT2D eigenvalue weighted by Crippen LogP contribution is -1.95. The van der Waals surface area contributed by atoms with E-state index in [9.17, 15) is 0 Å². The SMILES string of the molecule is Cc1c(Cl)cc2ccn(C)c2c1N. The molecule has 0 radical (unpaired) electrons. The first kappa shape index (κ1) is 8.45. The van der Waals surface area contributed by atoms with E-state index >= 15 is 0 Å². The van der Waals surface area contributed by atoms with Gasteiger partial charge in [-0.1, -0.05) is 11.6 Å². The van der Waals surface area contributed by atoms with Crippen molar-refractivity contribution in [3.05, 3.63) is 28.9 Å². The van der Waals surface area contributed by atoms with Gasteiger partial charge in [-0.15, -0.1) is 0 Å². The Bertz CT molecular complexity index is 471. The smallest absolute Gasteiger partial charge is 0.0715 e. The number of hydrogen-bond acceptors (Lipinski definition) is 1. The highest BCUT2D eigenvalue weighted by Gasteiger charge is 2.07. The second kappa shape index (κ2) is 2.67. The molecule has 13 heavy (non-hydrogen) atoms. The molecule has 3 heteroatoms. The number of halogens is 1. The van der Waals surface area contributed by atoms with Crippen molar-refractivity contribution in [2.45, 2.75) is 6.92 Å². The van der Waals surface area contributed by atoms with Crippen LogP contribution in [0.5, 0.6) is 0 Å². The second-order valence-electron chi connectivity index (χ2n) is 3.26. The van der Waals surface area contributed by atoms with Crippen LogP contribution in [-0.2, 0) is 7.05 Å². The number of aromatic nitrogens is 1. The maximum Gasteiger partial charge on any atom is 0.0715 e. The van der Waals surface area contributed by atoms with Gasteiger partial charge in [-0.25, -0.2) is 0 Å². The van der Waals surface area contributed by atoms with Crippen LogP contribution in [0.1, 0.15) is 5.56 Å². The first-order valence-corrected chi connectivity index (χ1v) is 4.48. The largest absolute Gasteiger partial charge is 0.397 e. The van der Waals surface area contributed by atoms with Crippen molar-refractivity contribution in [3.8, 4) is 0 Å². The van der Waals surface area contributed by atoms with E-state index in [-0.39, 0.29) is 0 Å². The summed E-state index contributed by atoms with van der Waals surface area (Å²) < 4.78 is 2.01. The van der Waals surface area contributed by atoms with Crippen LogP contribution in [0.2, 0.25) is 5.02 Å². The molecule has 2 aromatic rings. The van der Waals surface area contributed by atoms with Crippen molar-refractivity contribution in [2.24, 2.45) is 7.05 Å². The Labute approximate surface area is 81.9 Å². The molecule has 0 spiro atoms. The van der Waals surface area contributed by atoms with Crippen molar-refractivity contribution in [1.29, 1.82) is 0 Å². The molecule has 1 aromatic carbocycles. The number of fused-ring (bicyclic) bond motifs is 1. The fourth-order valence-corrected chi connectivity index (χ4v) is 1.78. The number of aryl methyl sites for hydroxylation is 1. The molecular formula is C10H11ClN2. The van der Waals surface area contributed by atoms with Gasteiger partial charge in [-0.2, -0.15) is 0 Å². The third-order valence-corrected chi connectivity index (χ3v) is 2.80. The molecule has 2 nitrogen and oxygen atoms in total. The lowest BCUT2D eigenvalue weighted by atomic mass is 10.1. The molecule has 68 valence electrons. The molecule has 0 saturated heterocycles. The third kappa shape index (κ3) is 1.10. The fourth-order valence-electron chi connectivity index (χ4n) is 1.56. The van der Waals surface area contributed by atoms with E-state index in [1.165, 1.54) is 0 Å². The van der Waals surface area contributed by atoms with Gasteiger partial charge in [-0.05, 0) is 24.6 Å². The van der Waals surface area contributed by atoms with Crippen molar-refractivity contribution in [3.63, 3.8) is 0 Å². The van der Waals surface area contributed by atoms with Crippen LogP contribution in [-0.4, -0.2) is 4.57 Å². The summed E-state index contributed by atoms with van der Waals surface area (Å²) in [6.07, 6.45) is 1.98. The topological polar surface area (TPSA) is 30.9 Å². The van der Waals surface area contributed by atoms with Gasteiger partial charge in [0.15, 0.2) is 0 Å². The van der Waals surface area contributed by atoms with Crippen LogP contribution >= 0.6 is 11.6 Å². The molecule has 0 aliphatic heterocycles. The van der Waals surface area contributed by atoms with Gasteiger partial charge < -0.3 is 10.3 Å². The Kier molecular flexibility index (Phi) is 1.74. The third-order valence-electron chi connectivity index (χ3n) is 2.40. The van der Waals surface area contributed by atoms with E-state index in [1.807, 2.05) is 36.9 Å². The molecule has 0 unspecified atom stereocenters. The Morgan fingerprint density at radius 2 is 2.15 bits per heavy atom. The molecular weight excluding hydrogens is 184 g/mol.